The Hall–Kier alpha value is -2.04. The number of hydrogen-bond donors (Lipinski definition) is 1. The molecule has 0 bridgehead atoms. The first kappa shape index (κ1) is 11.0. The first-order valence-corrected chi connectivity index (χ1v) is 4.04. The predicted octanol–water partition coefficient (Wildman–Crippen LogP) is 0.762. The SMILES string of the molecule is O=CC(C(=O)C(=O)O)c1ccccc1F. The Balaban J connectivity index is 3.14. The molecule has 78 valence electrons. The van der Waals surface area contributed by atoms with Gasteiger partial charge in [-0.25, -0.2) is 9.18 Å². The van der Waals surface area contributed by atoms with Crippen LogP contribution >= 0.6 is 0 Å². The van der Waals surface area contributed by atoms with Gasteiger partial charge in [0.1, 0.15) is 18.0 Å². The van der Waals surface area contributed by atoms with Crippen LogP contribution in [0.4, 0.5) is 4.39 Å². The Bertz CT molecular complexity index is 414. The summed E-state index contributed by atoms with van der Waals surface area (Å²) in [5.74, 6) is -5.45. The number of Topliss-reactive ketones (excluding diaryl/α,β-unsaturated/α-hetero) is 1. The van der Waals surface area contributed by atoms with E-state index in [1.807, 2.05) is 0 Å². The molecule has 1 aromatic rings. The average molecular weight is 210 g/mol. The molecule has 0 spiro atoms. The first-order valence-electron chi connectivity index (χ1n) is 4.04. The monoisotopic (exact) mass is 210 g/mol. The number of rotatable bonds is 4. The van der Waals surface area contributed by atoms with Gasteiger partial charge in [-0.15, -0.1) is 0 Å². The zero-order valence-electron chi connectivity index (χ0n) is 7.51. The van der Waals surface area contributed by atoms with Crippen molar-refractivity contribution in [3.05, 3.63) is 35.6 Å². The number of benzene rings is 1. The van der Waals surface area contributed by atoms with Crippen LogP contribution in [0.3, 0.4) is 0 Å². The van der Waals surface area contributed by atoms with E-state index in [9.17, 15) is 18.8 Å². The van der Waals surface area contributed by atoms with Gasteiger partial charge in [-0.3, -0.25) is 4.79 Å². The van der Waals surface area contributed by atoms with E-state index in [0.29, 0.717) is 0 Å². The summed E-state index contributed by atoms with van der Waals surface area (Å²) in [6.07, 6.45) is 0.120. The molecular formula is C10H7FO4. The molecule has 0 aliphatic carbocycles. The molecular weight excluding hydrogens is 203 g/mol. The fourth-order valence-electron chi connectivity index (χ4n) is 1.14. The van der Waals surface area contributed by atoms with E-state index in [-0.39, 0.29) is 11.8 Å². The third-order valence-electron chi connectivity index (χ3n) is 1.87. The molecule has 0 heterocycles. The van der Waals surface area contributed by atoms with Crippen LogP contribution in [0.2, 0.25) is 0 Å². The summed E-state index contributed by atoms with van der Waals surface area (Å²) >= 11 is 0. The topological polar surface area (TPSA) is 71.4 Å². The van der Waals surface area contributed by atoms with E-state index in [4.69, 9.17) is 5.11 Å². The highest BCUT2D eigenvalue weighted by molar-refractivity contribution is 6.38. The number of halogens is 1. The summed E-state index contributed by atoms with van der Waals surface area (Å²) < 4.78 is 13.1. The Morgan fingerprint density at radius 2 is 1.93 bits per heavy atom. The van der Waals surface area contributed by atoms with Gasteiger partial charge in [-0.1, -0.05) is 18.2 Å². The predicted molar refractivity (Wildman–Crippen MR) is 47.8 cm³/mol. The van der Waals surface area contributed by atoms with Crippen molar-refractivity contribution >= 4 is 18.0 Å². The molecule has 15 heavy (non-hydrogen) atoms. The quantitative estimate of drug-likeness (QED) is 0.452. The number of aldehydes is 1. The van der Waals surface area contributed by atoms with Gasteiger partial charge in [0.05, 0.1) is 0 Å². The highest BCUT2D eigenvalue weighted by Gasteiger charge is 2.27. The second-order valence-electron chi connectivity index (χ2n) is 2.80. The zero-order valence-corrected chi connectivity index (χ0v) is 7.51. The Kier molecular flexibility index (Phi) is 3.28. The largest absolute Gasteiger partial charge is 0.475 e. The molecule has 5 heteroatoms. The normalized spacial score (nSPS) is 11.8. The van der Waals surface area contributed by atoms with Crippen LogP contribution in [0, 0.1) is 5.82 Å². The molecule has 0 radical (unpaired) electrons. The Morgan fingerprint density at radius 1 is 1.33 bits per heavy atom. The average Bonchev–Trinajstić information content (AvgIpc) is 2.21. The number of carbonyl (C=O) groups excluding carboxylic acids is 2. The minimum Gasteiger partial charge on any atom is -0.475 e. The van der Waals surface area contributed by atoms with E-state index in [0.717, 1.165) is 6.07 Å². The molecule has 0 amide bonds. The van der Waals surface area contributed by atoms with Gasteiger partial charge in [0.15, 0.2) is 0 Å². The number of carbonyl (C=O) groups is 3. The maximum absolute atomic E-state index is 13.1. The van der Waals surface area contributed by atoms with Crippen molar-refractivity contribution in [2.24, 2.45) is 0 Å². The van der Waals surface area contributed by atoms with Crippen molar-refractivity contribution in [2.45, 2.75) is 5.92 Å². The minimum atomic E-state index is -1.75. The van der Waals surface area contributed by atoms with Gasteiger partial charge in [0.2, 0.25) is 0 Å². The lowest BCUT2D eigenvalue weighted by molar-refractivity contribution is -0.150. The van der Waals surface area contributed by atoms with Gasteiger partial charge in [-0.2, -0.15) is 0 Å². The molecule has 0 aromatic heterocycles. The maximum Gasteiger partial charge on any atom is 0.373 e. The smallest absolute Gasteiger partial charge is 0.373 e. The number of ketones is 1. The first-order chi connectivity index (χ1) is 7.07. The molecule has 1 rings (SSSR count). The summed E-state index contributed by atoms with van der Waals surface area (Å²) in [4.78, 5) is 31.9. The van der Waals surface area contributed by atoms with Crippen molar-refractivity contribution < 1.29 is 23.9 Å². The van der Waals surface area contributed by atoms with E-state index < -0.39 is 23.5 Å². The summed E-state index contributed by atoms with van der Waals surface area (Å²) in [6, 6.07) is 5.06. The van der Waals surface area contributed by atoms with Gasteiger partial charge in [0.25, 0.3) is 5.78 Å². The lowest BCUT2D eigenvalue weighted by atomic mass is 9.96. The van der Waals surface area contributed by atoms with Crippen molar-refractivity contribution in [1.82, 2.24) is 0 Å². The summed E-state index contributed by atoms with van der Waals surface area (Å²) in [5.41, 5.74) is -0.222. The molecule has 1 aromatic carbocycles. The molecule has 4 nitrogen and oxygen atoms in total. The van der Waals surface area contributed by atoms with Crippen molar-refractivity contribution in [2.75, 3.05) is 0 Å². The minimum absolute atomic E-state index is 0.120. The van der Waals surface area contributed by atoms with Gasteiger partial charge < -0.3 is 9.90 Å². The Labute approximate surface area is 84.3 Å². The van der Waals surface area contributed by atoms with E-state index in [2.05, 4.69) is 0 Å². The summed E-state index contributed by atoms with van der Waals surface area (Å²) in [7, 11) is 0. The summed E-state index contributed by atoms with van der Waals surface area (Å²) in [5, 5.41) is 8.40. The third kappa shape index (κ3) is 2.25. The van der Waals surface area contributed by atoms with Crippen molar-refractivity contribution in [1.29, 1.82) is 0 Å². The lowest BCUT2D eigenvalue weighted by Gasteiger charge is -2.07. The third-order valence-corrected chi connectivity index (χ3v) is 1.87. The number of carboxylic acids is 1. The second-order valence-corrected chi connectivity index (χ2v) is 2.80. The molecule has 1 atom stereocenters. The van der Waals surface area contributed by atoms with Gasteiger partial charge >= 0.3 is 5.97 Å². The van der Waals surface area contributed by atoms with Crippen LogP contribution in [0.15, 0.2) is 24.3 Å². The van der Waals surface area contributed by atoms with Crippen molar-refractivity contribution in [3.63, 3.8) is 0 Å². The lowest BCUT2D eigenvalue weighted by Crippen LogP contribution is -2.23. The molecule has 0 aliphatic heterocycles. The molecule has 0 fully saturated rings. The standard InChI is InChI=1S/C10H7FO4/c11-8-4-2-1-3-6(8)7(5-12)9(13)10(14)15/h1-5,7H,(H,14,15). The van der Waals surface area contributed by atoms with E-state index in [1.165, 1.54) is 18.2 Å². The zero-order chi connectivity index (χ0) is 11.4. The van der Waals surface area contributed by atoms with E-state index in [1.54, 1.807) is 0 Å². The van der Waals surface area contributed by atoms with Crippen LogP contribution in [0.5, 0.6) is 0 Å². The fraction of sp³-hybridized carbons (Fsp3) is 0.100. The highest BCUT2D eigenvalue weighted by Crippen LogP contribution is 2.18. The van der Waals surface area contributed by atoms with Crippen LogP contribution in [-0.2, 0) is 14.4 Å². The molecule has 1 unspecified atom stereocenters. The van der Waals surface area contributed by atoms with Crippen LogP contribution in [0.1, 0.15) is 11.5 Å². The van der Waals surface area contributed by atoms with Crippen LogP contribution in [0.25, 0.3) is 0 Å². The number of carboxylic acid groups (broad SMARTS) is 1. The van der Waals surface area contributed by atoms with Crippen molar-refractivity contribution in [3.8, 4) is 0 Å². The second kappa shape index (κ2) is 4.45. The summed E-state index contributed by atoms with van der Waals surface area (Å²) in [6.45, 7) is 0. The molecule has 0 aliphatic rings. The van der Waals surface area contributed by atoms with Crippen LogP contribution in [-0.4, -0.2) is 23.1 Å². The number of hydrogen-bond acceptors (Lipinski definition) is 3. The fourth-order valence-corrected chi connectivity index (χ4v) is 1.14. The van der Waals surface area contributed by atoms with Gasteiger partial charge in [0, 0.05) is 5.56 Å². The van der Waals surface area contributed by atoms with Crippen LogP contribution < -0.4 is 0 Å². The number of aliphatic carboxylic acids is 1. The highest BCUT2D eigenvalue weighted by atomic mass is 19.1. The molecule has 0 saturated carbocycles. The molecule has 0 saturated heterocycles. The van der Waals surface area contributed by atoms with Gasteiger partial charge in [-0.05, 0) is 6.07 Å². The Morgan fingerprint density at radius 3 is 2.40 bits per heavy atom. The maximum atomic E-state index is 13.1. The van der Waals surface area contributed by atoms with E-state index >= 15 is 0 Å². The molecule has 1 N–H and O–H groups in total.